The zero-order valence-electron chi connectivity index (χ0n) is 8.35. The zero-order chi connectivity index (χ0) is 10.5. The van der Waals surface area contributed by atoms with Crippen molar-refractivity contribution >= 4 is 21.8 Å². The Labute approximate surface area is 97.2 Å². The lowest BCUT2D eigenvalue weighted by molar-refractivity contribution is -0.119. The van der Waals surface area contributed by atoms with Crippen LogP contribution in [-0.4, -0.2) is 5.91 Å². The Balaban J connectivity index is 2.10. The molecule has 3 heteroatoms. The summed E-state index contributed by atoms with van der Waals surface area (Å²) in [7, 11) is 0. The van der Waals surface area contributed by atoms with Gasteiger partial charge in [0.15, 0.2) is 0 Å². The van der Waals surface area contributed by atoms with Gasteiger partial charge in [0.1, 0.15) is 0 Å². The van der Waals surface area contributed by atoms with E-state index in [-0.39, 0.29) is 11.4 Å². The lowest BCUT2D eigenvalue weighted by Gasteiger charge is -2.24. The van der Waals surface area contributed by atoms with E-state index in [2.05, 4.69) is 39.4 Å². The van der Waals surface area contributed by atoms with Crippen molar-refractivity contribution in [2.45, 2.75) is 31.2 Å². The first-order valence-corrected chi connectivity index (χ1v) is 6.09. The van der Waals surface area contributed by atoms with E-state index in [1.807, 2.05) is 0 Å². The summed E-state index contributed by atoms with van der Waals surface area (Å²) in [6, 6.07) is 6.40. The van der Waals surface area contributed by atoms with Gasteiger partial charge in [0.05, 0.1) is 5.54 Å². The molecule has 3 rings (SSSR count). The van der Waals surface area contributed by atoms with Gasteiger partial charge in [0.2, 0.25) is 5.91 Å². The van der Waals surface area contributed by atoms with Crippen LogP contribution in [0.15, 0.2) is 22.7 Å². The third-order valence-corrected chi connectivity index (χ3v) is 4.06. The van der Waals surface area contributed by atoms with E-state index in [4.69, 9.17) is 0 Å². The normalized spacial score (nSPS) is 28.2. The highest BCUT2D eigenvalue weighted by molar-refractivity contribution is 9.10. The lowest BCUT2D eigenvalue weighted by Crippen LogP contribution is -2.36. The largest absolute Gasteiger partial charge is 0.347 e. The molecule has 0 unspecified atom stereocenters. The number of benzene rings is 1. The molecule has 1 heterocycles. The lowest BCUT2D eigenvalue weighted by atomic mass is 9.90. The fourth-order valence-corrected chi connectivity index (χ4v) is 3.16. The average Bonchev–Trinajstić information content (AvgIpc) is 2.74. The van der Waals surface area contributed by atoms with Crippen LogP contribution in [0.2, 0.25) is 0 Å². The molecule has 78 valence electrons. The number of halogens is 1. The van der Waals surface area contributed by atoms with E-state index in [0.29, 0.717) is 6.42 Å². The van der Waals surface area contributed by atoms with Crippen LogP contribution in [0.5, 0.6) is 0 Å². The molecular formula is C12H12BrNO. The molecule has 0 aromatic heterocycles. The third kappa shape index (κ3) is 1.33. The zero-order valence-corrected chi connectivity index (χ0v) is 9.93. The monoisotopic (exact) mass is 265 g/mol. The molecule has 0 bridgehead atoms. The highest BCUT2D eigenvalue weighted by Gasteiger charge is 2.43. The van der Waals surface area contributed by atoms with Gasteiger partial charge < -0.3 is 5.32 Å². The maximum absolute atomic E-state index is 11.4. The van der Waals surface area contributed by atoms with Crippen LogP contribution in [0, 0.1) is 0 Å². The van der Waals surface area contributed by atoms with Gasteiger partial charge in [-0.25, -0.2) is 0 Å². The molecule has 1 aliphatic carbocycles. The van der Waals surface area contributed by atoms with Gasteiger partial charge in [0.25, 0.3) is 0 Å². The Hall–Kier alpha value is -0.830. The van der Waals surface area contributed by atoms with Crippen LogP contribution >= 0.6 is 15.9 Å². The summed E-state index contributed by atoms with van der Waals surface area (Å²) >= 11 is 3.50. The van der Waals surface area contributed by atoms with E-state index >= 15 is 0 Å². The predicted octanol–water partition coefficient (Wildman–Crippen LogP) is 2.50. The molecule has 1 aromatic rings. The number of hydrogen-bond donors (Lipinski definition) is 1. The second-order valence-corrected chi connectivity index (χ2v) is 5.35. The molecule has 1 N–H and O–H groups in total. The summed E-state index contributed by atoms with van der Waals surface area (Å²) < 4.78 is 1.10. The SMILES string of the molecule is O=C1CC[C@@]2(CCc3ccc(Br)cc32)N1. The number of carbonyl (C=O) groups is 1. The minimum atomic E-state index is -0.0454. The number of carbonyl (C=O) groups excluding carboxylic acids is 1. The Kier molecular flexibility index (Phi) is 1.93. The molecule has 1 aliphatic heterocycles. The minimum absolute atomic E-state index is 0.0454. The Morgan fingerprint density at radius 3 is 2.80 bits per heavy atom. The maximum atomic E-state index is 11.4. The number of nitrogens with one attached hydrogen (secondary N) is 1. The molecule has 15 heavy (non-hydrogen) atoms. The van der Waals surface area contributed by atoms with Gasteiger partial charge in [0, 0.05) is 10.9 Å². The van der Waals surface area contributed by atoms with Crippen molar-refractivity contribution in [3.05, 3.63) is 33.8 Å². The van der Waals surface area contributed by atoms with Crippen molar-refractivity contribution in [2.24, 2.45) is 0 Å². The third-order valence-electron chi connectivity index (χ3n) is 3.57. The summed E-state index contributed by atoms with van der Waals surface area (Å²) in [5, 5.41) is 3.15. The van der Waals surface area contributed by atoms with Gasteiger partial charge in [-0.15, -0.1) is 0 Å². The first kappa shape index (κ1) is 9.40. The molecule has 1 saturated heterocycles. The molecule has 0 saturated carbocycles. The molecule has 1 aromatic carbocycles. The van der Waals surface area contributed by atoms with Crippen molar-refractivity contribution in [2.75, 3.05) is 0 Å². The van der Waals surface area contributed by atoms with Crippen LogP contribution in [0.3, 0.4) is 0 Å². The van der Waals surface area contributed by atoms with E-state index < -0.39 is 0 Å². The highest BCUT2D eigenvalue weighted by atomic mass is 79.9. The predicted molar refractivity (Wildman–Crippen MR) is 61.5 cm³/mol. The van der Waals surface area contributed by atoms with Crippen LogP contribution in [0.25, 0.3) is 0 Å². The van der Waals surface area contributed by atoms with Gasteiger partial charge in [-0.1, -0.05) is 22.0 Å². The van der Waals surface area contributed by atoms with Gasteiger partial charge in [-0.3, -0.25) is 4.79 Å². The number of aryl methyl sites for hydroxylation is 1. The Morgan fingerprint density at radius 2 is 2.07 bits per heavy atom. The van der Waals surface area contributed by atoms with Crippen molar-refractivity contribution in [3.8, 4) is 0 Å². The first-order chi connectivity index (χ1) is 7.20. The standard InChI is InChI=1S/C12H12BrNO/c13-9-2-1-8-3-5-12(10(8)7-9)6-4-11(15)14-12/h1-2,7H,3-6H2,(H,14,15)/t12-/m1/s1. The van der Waals surface area contributed by atoms with E-state index in [1.54, 1.807) is 0 Å². The summed E-state index contributed by atoms with van der Waals surface area (Å²) in [6.45, 7) is 0. The summed E-state index contributed by atoms with van der Waals surface area (Å²) in [4.78, 5) is 11.4. The molecule has 2 aliphatic rings. The van der Waals surface area contributed by atoms with Crippen molar-refractivity contribution in [1.82, 2.24) is 5.32 Å². The number of rotatable bonds is 0. The molecule has 0 radical (unpaired) electrons. The highest BCUT2D eigenvalue weighted by Crippen LogP contribution is 2.43. The number of amides is 1. The van der Waals surface area contributed by atoms with Crippen molar-refractivity contribution < 1.29 is 4.79 Å². The topological polar surface area (TPSA) is 29.1 Å². The van der Waals surface area contributed by atoms with Crippen molar-refractivity contribution in [1.29, 1.82) is 0 Å². The van der Waals surface area contributed by atoms with Crippen LogP contribution in [0.1, 0.15) is 30.4 Å². The van der Waals surface area contributed by atoms with E-state index in [9.17, 15) is 4.79 Å². The first-order valence-electron chi connectivity index (χ1n) is 5.30. The number of fused-ring (bicyclic) bond motifs is 2. The second kappa shape index (κ2) is 3.08. The van der Waals surface area contributed by atoms with E-state index in [1.165, 1.54) is 11.1 Å². The van der Waals surface area contributed by atoms with Gasteiger partial charge in [-0.2, -0.15) is 0 Å². The van der Waals surface area contributed by atoms with Gasteiger partial charge in [-0.05, 0) is 42.5 Å². The average molecular weight is 266 g/mol. The van der Waals surface area contributed by atoms with Crippen LogP contribution in [0.4, 0.5) is 0 Å². The molecule has 1 amide bonds. The Bertz CT molecular complexity index is 443. The summed E-state index contributed by atoms with van der Waals surface area (Å²) in [5.41, 5.74) is 2.67. The van der Waals surface area contributed by atoms with Crippen LogP contribution in [-0.2, 0) is 16.8 Å². The molecular weight excluding hydrogens is 254 g/mol. The van der Waals surface area contributed by atoms with Gasteiger partial charge >= 0.3 is 0 Å². The molecule has 2 nitrogen and oxygen atoms in total. The fourth-order valence-electron chi connectivity index (χ4n) is 2.80. The van der Waals surface area contributed by atoms with Crippen molar-refractivity contribution in [3.63, 3.8) is 0 Å². The quantitative estimate of drug-likeness (QED) is 0.768. The molecule has 1 atom stereocenters. The van der Waals surface area contributed by atoms with E-state index in [0.717, 1.165) is 23.7 Å². The molecule has 1 fully saturated rings. The maximum Gasteiger partial charge on any atom is 0.220 e. The summed E-state index contributed by atoms with van der Waals surface area (Å²) in [5.74, 6) is 0.197. The fraction of sp³-hybridized carbons (Fsp3) is 0.417. The number of hydrogen-bond acceptors (Lipinski definition) is 1. The smallest absolute Gasteiger partial charge is 0.220 e. The summed E-state index contributed by atoms with van der Waals surface area (Å²) in [6.07, 6.45) is 3.77. The van der Waals surface area contributed by atoms with Crippen LogP contribution < -0.4 is 5.32 Å². The Morgan fingerprint density at radius 1 is 1.27 bits per heavy atom. The second-order valence-electron chi connectivity index (χ2n) is 4.43. The minimum Gasteiger partial charge on any atom is -0.347 e. The molecule has 1 spiro atoms.